The molecule has 0 aliphatic carbocycles. The van der Waals surface area contributed by atoms with Gasteiger partial charge in [0.1, 0.15) is 11.4 Å². The van der Waals surface area contributed by atoms with Crippen molar-refractivity contribution in [2.75, 3.05) is 23.3 Å². The number of nitro groups is 2. The quantitative estimate of drug-likeness (QED) is 0.388. The first kappa shape index (κ1) is 22.7. The first-order valence-corrected chi connectivity index (χ1v) is 10.1. The van der Waals surface area contributed by atoms with Gasteiger partial charge in [-0.25, -0.2) is 4.79 Å². The lowest BCUT2D eigenvalue weighted by Crippen LogP contribution is -2.31. The van der Waals surface area contributed by atoms with E-state index in [1.807, 2.05) is 4.90 Å². The van der Waals surface area contributed by atoms with Crippen molar-refractivity contribution in [3.63, 3.8) is 0 Å². The van der Waals surface area contributed by atoms with Crippen LogP contribution in [0.15, 0.2) is 42.5 Å². The van der Waals surface area contributed by atoms with Gasteiger partial charge in [-0.05, 0) is 44.4 Å². The van der Waals surface area contributed by atoms with Gasteiger partial charge in [0.05, 0.1) is 15.4 Å². The topological polar surface area (TPSA) is 145 Å². The highest BCUT2D eigenvalue weighted by molar-refractivity contribution is 5.99. The molecule has 168 valence electrons. The lowest BCUT2D eigenvalue weighted by atomic mass is 10.1. The van der Waals surface area contributed by atoms with Crippen LogP contribution >= 0.6 is 0 Å². The van der Waals surface area contributed by atoms with E-state index < -0.39 is 27.8 Å². The predicted molar refractivity (Wildman–Crippen MR) is 116 cm³/mol. The normalized spacial score (nSPS) is 14.3. The number of nitrogens with one attached hydrogen (secondary N) is 1. The molecule has 1 atom stereocenters. The van der Waals surface area contributed by atoms with Crippen LogP contribution in [0.3, 0.4) is 0 Å². The van der Waals surface area contributed by atoms with E-state index in [1.165, 1.54) is 43.3 Å². The van der Waals surface area contributed by atoms with Gasteiger partial charge in [0, 0.05) is 25.2 Å². The maximum Gasteiger partial charge on any atom is 0.339 e. The lowest BCUT2D eigenvalue weighted by molar-refractivity contribution is -0.384. The van der Waals surface area contributed by atoms with E-state index in [0.29, 0.717) is 18.8 Å². The third kappa shape index (κ3) is 5.17. The van der Waals surface area contributed by atoms with Crippen LogP contribution in [0.4, 0.5) is 22.7 Å². The molecule has 1 fully saturated rings. The Kier molecular flexibility index (Phi) is 6.98. The molecule has 1 amide bonds. The minimum absolute atomic E-state index is 0.0353. The van der Waals surface area contributed by atoms with Gasteiger partial charge in [-0.2, -0.15) is 0 Å². The highest BCUT2D eigenvalue weighted by Gasteiger charge is 2.26. The van der Waals surface area contributed by atoms with E-state index in [0.717, 1.165) is 25.3 Å². The van der Waals surface area contributed by atoms with Gasteiger partial charge in [-0.3, -0.25) is 25.0 Å². The van der Waals surface area contributed by atoms with Crippen LogP contribution in [0.25, 0.3) is 0 Å². The molecule has 1 N–H and O–H groups in total. The Hall–Kier alpha value is -4.02. The van der Waals surface area contributed by atoms with E-state index in [-0.39, 0.29) is 22.6 Å². The van der Waals surface area contributed by atoms with Crippen molar-refractivity contribution >= 4 is 34.6 Å². The van der Waals surface area contributed by atoms with Gasteiger partial charge in [0.15, 0.2) is 6.10 Å². The molecule has 1 aliphatic rings. The summed E-state index contributed by atoms with van der Waals surface area (Å²) in [5.74, 6) is -1.68. The van der Waals surface area contributed by atoms with Gasteiger partial charge in [0.25, 0.3) is 17.3 Å². The highest BCUT2D eigenvalue weighted by atomic mass is 16.6. The predicted octanol–water partition coefficient (Wildman–Crippen LogP) is 3.68. The zero-order valence-electron chi connectivity index (χ0n) is 17.4. The standard InChI is InChI=1S/C21H22N4O7/c1-14(20(26)22-16-7-3-4-8-17(16)24(28)29)32-21(27)15-9-10-18(19(13-15)25(30)31)23-11-5-2-6-12-23/h3-4,7-10,13-14H,2,5-6,11-12H2,1H3,(H,22,26)/t14-/m1/s1. The van der Waals surface area contributed by atoms with Crippen LogP contribution in [0.1, 0.15) is 36.5 Å². The second-order valence-electron chi connectivity index (χ2n) is 7.32. The number of anilines is 2. The summed E-state index contributed by atoms with van der Waals surface area (Å²) in [6, 6.07) is 9.63. The first-order chi connectivity index (χ1) is 15.3. The molecular weight excluding hydrogens is 420 g/mol. The van der Waals surface area contributed by atoms with Gasteiger partial charge in [0.2, 0.25) is 0 Å². The first-order valence-electron chi connectivity index (χ1n) is 10.1. The number of hydrogen-bond acceptors (Lipinski definition) is 8. The van der Waals surface area contributed by atoms with Crippen molar-refractivity contribution in [2.24, 2.45) is 0 Å². The number of para-hydroxylation sites is 2. The molecule has 0 unspecified atom stereocenters. The Morgan fingerprint density at radius 1 is 1.00 bits per heavy atom. The van der Waals surface area contributed by atoms with Gasteiger partial charge in [-0.1, -0.05) is 12.1 Å². The summed E-state index contributed by atoms with van der Waals surface area (Å²) in [7, 11) is 0. The number of rotatable bonds is 7. The number of amides is 1. The molecule has 1 aliphatic heterocycles. The molecule has 11 heteroatoms. The van der Waals surface area contributed by atoms with Crippen LogP contribution in [0.5, 0.6) is 0 Å². The number of nitro benzene ring substituents is 2. The summed E-state index contributed by atoms with van der Waals surface area (Å²) < 4.78 is 5.13. The minimum atomic E-state index is -1.29. The number of benzene rings is 2. The SMILES string of the molecule is C[C@@H](OC(=O)c1ccc(N2CCCCC2)c([N+](=O)[O-])c1)C(=O)Nc1ccccc1[N+](=O)[O-]. The van der Waals surface area contributed by atoms with Crippen molar-refractivity contribution in [3.05, 3.63) is 68.3 Å². The third-order valence-electron chi connectivity index (χ3n) is 5.12. The summed E-state index contributed by atoms with van der Waals surface area (Å²) in [6.07, 6.45) is 1.66. The van der Waals surface area contributed by atoms with Crippen LogP contribution in [0, 0.1) is 20.2 Å². The van der Waals surface area contributed by atoms with Crippen molar-refractivity contribution in [2.45, 2.75) is 32.3 Å². The van der Waals surface area contributed by atoms with E-state index in [2.05, 4.69) is 5.32 Å². The van der Waals surface area contributed by atoms with Gasteiger partial charge < -0.3 is 15.0 Å². The number of carbonyl (C=O) groups excluding carboxylic acids is 2. The number of ether oxygens (including phenoxy) is 1. The Balaban J connectivity index is 1.72. The summed E-state index contributed by atoms with van der Waals surface area (Å²) in [5, 5.41) is 25.0. The fourth-order valence-electron chi connectivity index (χ4n) is 3.45. The maximum atomic E-state index is 12.5. The minimum Gasteiger partial charge on any atom is -0.449 e. The molecular formula is C21H22N4O7. The van der Waals surface area contributed by atoms with Gasteiger partial charge in [-0.15, -0.1) is 0 Å². The third-order valence-corrected chi connectivity index (χ3v) is 5.12. The zero-order valence-corrected chi connectivity index (χ0v) is 17.4. The highest BCUT2D eigenvalue weighted by Crippen LogP contribution is 2.31. The monoisotopic (exact) mass is 442 g/mol. The summed E-state index contributed by atoms with van der Waals surface area (Å²) in [5.41, 5.74) is -0.176. The lowest BCUT2D eigenvalue weighted by Gasteiger charge is -2.28. The molecule has 0 aromatic heterocycles. The zero-order chi connectivity index (χ0) is 23.3. The van der Waals surface area contributed by atoms with Crippen molar-refractivity contribution < 1.29 is 24.2 Å². The van der Waals surface area contributed by atoms with E-state index >= 15 is 0 Å². The second kappa shape index (κ2) is 9.86. The Bertz CT molecular complexity index is 1050. The van der Waals surface area contributed by atoms with Crippen LogP contribution in [-0.2, 0) is 9.53 Å². The van der Waals surface area contributed by atoms with Crippen molar-refractivity contribution in [1.82, 2.24) is 0 Å². The number of esters is 1. The molecule has 0 spiro atoms. The fraction of sp³-hybridized carbons (Fsp3) is 0.333. The number of carbonyl (C=O) groups is 2. The van der Waals surface area contributed by atoms with E-state index in [9.17, 15) is 29.8 Å². The van der Waals surface area contributed by atoms with E-state index in [4.69, 9.17) is 4.74 Å². The van der Waals surface area contributed by atoms with Crippen LogP contribution in [0.2, 0.25) is 0 Å². The molecule has 2 aromatic rings. The van der Waals surface area contributed by atoms with Crippen LogP contribution in [-0.4, -0.2) is 40.9 Å². The Morgan fingerprint density at radius 3 is 2.31 bits per heavy atom. The molecule has 11 nitrogen and oxygen atoms in total. The number of nitrogens with zero attached hydrogens (tertiary/aromatic N) is 3. The van der Waals surface area contributed by atoms with Crippen LogP contribution < -0.4 is 10.2 Å². The molecule has 3 rings (SSSR count). The number of piperidine rings is 1. The van der Waals surface area contributed by atoms with Gasteiger partial charge >= 0.3 is 5.97 Å². The largest absolute Gasteiger partial charge is 0.449 e. The molecule has 32 heavy (non-hydrogen) atoms. The van der Waals surface area contributed by atoms with Crippen molar-refractivity contribution in [3.8, 4) is 0 Å². The molecule has 1 saturated heterocycles. The summed E-state index contributed by atoms with van der Waals surface area (Å²) >= 11 is 0. The molecule has 2 aromatic carbocycles. The Labute approximate surface area is 183 Å². The second-order valence-corrected chi connectivity index (χ2v) is 7.32. The summed E-state index contributed by atoms with van der Waals surface area (Å²) in [4.78, 5) is 48.2. The maximum absolute atomic E-state index is 12.5. The molecule has 0 radical (unpaired) electrons. The van der Waals surface area contributed by atoms with Crippen molar-refractivity contribution in [1.29, 1.82) is 0 Å². The fourth-order valence-corrected chi connectivity index (χ4v) is 3.45. The summed E-state index contributed by atoms with van der Waals surface area (Å²) in [6.45, 7) is 2.71. The smallest absolute Gasteiger partial charge is 0.339 e. The average Bonchev–Trinajstić information content (AvgIpc) is 2.79. The molecule has 0 saturated carbocycles. The van der Waals surface area contributed by atoms with E-state index in [1.54, 1.807) is 0 Å². The number of hydrogen-bond donors (Lipinski definition) is 1. The molecule has 0 bridgehead atoms. The molecule has 1 heterocycles. The Morgan fingerprint density at radius 2 is 1.66 bits per heavy atom. The average molecular weight is 442 g/mol.